The first-order valence-electron chi connectivity index (χ1n) is 6.32. The summed E-state index contributed by atoms with van der Waals surface area (Å²) in [4.78, 5) is 12.0. The minimum Gasteiger partial charge on any atom is -0.496 e. The molecule has 0 aliphatic heterocycles. The van der Waals surface area contributed by atoms with Gasteiger partial charge in [0.25, 0.3) is 0 Å². The number of nitrogens with two attached hydrogens (primary N) is 1. The highest BCUT2D eigenvalue weighted by Crippen LogP contribution is 2.30. The van der Waals surface area contributed by atoms with Crippen molar-refractivity contribution in [1.29, 1.82) is 0 Å². The topological polar surface area (TPSA) is 61.5 Å². The fourth-order valence-corrected chi connectivity index (χ4v) is 2.11. The summed E-state index contributed by atoms with van der Waals surface area (Å²) in [7, 11) is 1.51. The molecule has 1 aliphatic rings. The minimum atomic E-state index is -0.399. The van der Waals surface area contributed by atoms with Crippen LogP contribution in [0.3, 0.4) is 0 Å². The van der Waals surface area contributed by atoms with Gasteiger partial charge in [-0.2, -0.15) is 0 Å². The van der Waals surface area contributed by atoms with Crippen molar-refractivity contribution in [1.82, 2.24) is 0 Å². The third-order valence-electron chi connectivity index (χ3n) is 3.47. The summed E-state index contributed by atoms with van der Waals surface area (Å²) < 4.78 is 10.4. The van der Waals surface area contributed by atoms with Gasteiger partial charge < -0.3 is 15.2 Å². The Morgan fingerprint density at radius 1 is 1.44 bits per heavy atom. The van der Waals surface area contributed by atoms with E-state index in [1.54, 1.807) is 18.2 Å². The van der Waals surface area contributed by atoms with Crippen molar-refractivity contribution in [3.8, 4) is 5.75 Å². The molecule has 1 aromatic rings. The van der Waals surface area contributed by atoms with Crippen molar-refractivity contribution in [3.63, 3.8) is 0 Å². The summed E-state index contributed by atoms with van der Waals surface area (Å²) in [6.45, 7) is 0.459. The van der Waals surface area contributed by atoms with Crippen LogP contribution in [0.4, 0.5) is 5.69 Å². The molecule has 18 heavy (non-hydrogen) atoms. The molecule has 1 aromatic carbocycles. The Morgan fingerprint density at radius 3 is 2.83 bits per heavy atom. The normalized spacial score (nSPS) is 14.9. The standard InChI is InChI=1S/C14H19NO3/c1-17-12-7-3-6-11(15)13(12)14(16)18-9-8-10-4-2-5-10/h3,6-7,10H,2,4-5,8-9,15H2,1H3. The van der Waals surface area contributed by atoms with E-state index < -0.39 is 5.97 Å². The Morgan fingerprint density at radius 2 is 2.22 bits per heavy atom. The smallest absolute Gasteiger partial charge is 0.344 e. The quantitative estimate of drug-likeness (QED) is 0.643. The minimum absolute atomic E-state index is 0.327. The van der Waals surface area contributed by atoms with E-state index in [1.165, 1.54) is 26.4 Å². The number of ether oxygens (including phenoxy) is 2. The van der Waals surface area contributed by atoms with Gasteiger partial charge in [0.05, 0.1) is 13.7 Å². The van der Waals surface area contributed by atoms with Crippen LogP contribution >= 0.6 is 0 Å². The highest BCUT2D eigenvalue weighted by atomic mass is 16.5. The lowest BCUT2D eigenvalue weighted by Crippen LogP contribution is -2.16. The highest BCUT2D eigenvalue weighted by molar-refractivity contribution is 5.98. The van der Waals surface area contributed by atoms with Crippen LogP contribution < -0.4 is 10.5 Å². The molecule has 0 radical (unpaired) electrons. The van der Waals surface area contributed by atoms with Crippen molar-refractivity contribution >= 4 is 11.7 Å². The Hall–Kier alpha value is -1.71. The van der Waals surface area contributed by atoms with Crippen LogP contribution in [0.15, 0.2) is 18.2 Å². The molecular formula is C14H19NO3. The van der Waals surface area contributed by atoms with Gasteiger partial charge >= 0.3 is 5.97 Å². The zero-order chi connectivity index (χ0) is 13.0. The molecule has 4 heteroatoms. The third kappa shape index (κ3) is 2.75. The lowest BCUT2D eigenvalue weighted by Gasteiger charge is -2.24. The first kappa shape index (κ1) is 12.7. The van der Waals surface area contributed by atoms with Gasteiger partial charge in [-0.25, -0.2) is 4.79 Å². The second-order valence-corrected chi connectivity index (χ2v) is 4.65. The molecule has 4 nitrogen and oxygen atoms in total. The summed E-state index contributed by atoms with van der Waals surface area (Å²) >= 11 is 0. The van der Waals surface area contributed by atoms with E-state index in [2.05, 4.69) is 0 Å². The number of hydrogen-bond acceptors (Lipinski definition) is 4. The van der Waals surface area contributed by atoms with Gasteiger partial charge in [-0.15, -0.1) is 0 Å². The number of benzene rings is 1. The van der Waals surface area contributed by atoms with E-state index in [-0.39, 0.29) is 0 Å². The van der Waals surface area contributed by atoms with E-state index in [9.17, 15) is 4.79 Å². The van der Waals surface area contributed by atoms with Crippen molar-refractivity contribution < 1.29 is 14.3 Å². The second-order valence-electron chi connectivity index (χ2n) is 4.65. The monoisotopic (exact) mass is 249 g/mol. The maximum Gasteiger partial charge on any atom is 0.344 e. The van der Waals surface area contributed by atoms with E-state index in [0.29, 0.717) is 23.6 Å². The Balaban J connectivity index is 1.94. The van der Waals surface area contributed by atoms with Gasteiger partial charge in [-0.1, -0.05) is 25.3 Å². The van der Waals surface area contributed by atoms with Crippen LogP contribution in [-0.2, 0) is 4.74 Å². The van der Waals surface area contributed by atoms with Crippen LogP contribution in [0.2, 0.25) is 0 Å². The Kier molecular flexibility index (Phi) is 4.07. The first-order valence-corrected chi connectivity index (χ1v) is 6.32. The van der Waals surface area contributed by atoms with Gasteiger partial charge in [-0.05, 0) is 24.5 Å². The molecule has 2 rings (SSSR count). The van der Waals surface area contributed by atoms with E-state index in [4.69, 9.17) is 15.2 Å². The fraction of sp³-hybridized carbons (Fsp3) is 0.500. The average molecular weight is 249 g/mol. The summed E-state index contributed by atoms with van der Waals surface area (Å²) in [6, 6.07) is 5.13. The Bertz CT molecular complexity index is 427. The maximum atomic E-state index is 12.0. The lowest BCUT2D eigenvalue weighted by atomic mass is 9.83. The van der Waals surface area contributed by atoms with Gasteiger partial charge in [0.15, 0.2) is 0 Å². The van der Waals surface area contributed by atoms with E-state index >= 15 is 0 Å². The van der Waals surface area contributed by atoms with Gasteiger partial charge in [0, 0.05) is 5.69 Å². The van der Waals surface area contributed by atoms with Crippen molar-refractivity contribution in [2.75, 3.05) is 19.5 Å². The van der Waals surface area contributed by atoms with Gasteiger partial charge in [0.2, 0.25) is 0 Å². The van der Waals surface area contributed by atoms with Crippen molar-refractivity contribution in [3.05, 3.63) is 23.8 Å². The van der Waals surface area contributed by atoms with Crippen LogP contribution in [0.25, 0.3) is 0 Å². The zero-order valence-corrected chi connectivity index (χ0v) is 10.6. The van der Waals surface area contributed by atoms with Crippen molar-refractivity contribution in [2.45, 2.75) is 25.7 Å². The molecule has 0 bridgehead atoms. The molecule has 0 amide bonds. The first-order chi connectivity index (χ1) is 8.72. The van der Waals surface area contributed by atoms with Gasteiger partial charge in [-0.3, -0.25) is 0 Å². The molecule has 1 fully saturated rings. The molecular weight excluding hydrogens is 230 g/mol. The number of nitrogen functional groups attached to an aromatic ring is 1. The average Bonchev–Trinajstić information content (AvgIpc) is 2.31. The zero-order valence-electron chi connectivity index (χ0n) is 10.6. The number of esters is 1. The second kappa shape index (κ2) is 5.76. The van der Waals surface area contributed by atoms with Gasteiger partial charge in [0.1, 0.15) is 11.3 Å². The largest absolute Gasteiger partial charge is 0.496 e. The van der Waals surface area contributed by atoms with E-state index in [1.807, 2.05) is 0 Å². The van der Waals surface area contributed by atoms with Crippen LogP contribution in [0.1, 0.15) is 36.0 Å². The third-order valence-corrected chi connectivity index (χ3v) is 3.47. The molecule has 98 valence electrons. The summed E-state index contributed by atoms with van der Waals surface area (Å²) in [5, 5.41) is 0. The maximum absolute atomic E-state index is 12.0. The highest BCUT2D eigenvalue weighted by Gasteiger charge is 2.20. The molecule has 0 spiro atoms. The number of methoxy groups -OCH3 is 1. The molecule has 0 unspecified atom stereocenters. The molecule has 2 N–H and O–H groups in total. The molecule has 1 saturated carbocycles. The molecule has 0 atom stereocenters. The molecule has 0 heterocycles. The van der Waals surface area contributed by atoms with E-state index in [0.717, 1.165) is 12.3 Å². The molecule has 0 saturated heterocycles. The number of carbonyl (C=O) groups excluding carboxylic acids is 1. The van der Waals surface area contributed by atoms with Crippen LogP contribution in [0, 0.1) is 5.92 Å². The SMILES string of the molecule is COc1cccc(N)c1C(=O)OCCC1CCC1. The predicted molar refractivity (Wildman–Crippen MR) is 69.6 cm³/mol. The number of rotatable bonds is 5. The Labute approximate surface area is 107 Å². The summed E-state index contributed by atoms with van der Waals surface area (Å²) in [5.74, 6) is 0.792. The fourth-order valence-electron chi connectivity index (χ4n) is 2.11. The number of carbonyl (C=O) groups is 1. The summed E-state index contributed by atoms with van der Waals surface area (Å²) in [5.41, 5.74) is 6.50. The number of hydrogen-bond donors (Lipinski definition) is 1. The molecule has 1 aliphatic carbocycles. The van der Waals surface area contributed by atoms with Crippen LogP contribution in [-0.4, -0.2) is 19.7 Å². The number of anilines is 1. The van der Waals surface area contributed by atoms with Crippen molar-refractivity contribution in [2.24, 2.45) is 5.92 Å². The lowest BCUT2D eigenvalue weighted by molar-refractivity contribution is 0.0462. The molecule has 0 aromatic heterocycles. The van der Waals surface area contributed by atoms with Crippen LogP contribution in [0.5, 0.6) is 5.75 Å². The summed E-state index contributed by atoms with van der Waals surface area (Å²) in [6.07, 6.45) is 4.77. The predicted octanol–water partition coefficient (Wildman–Crippen LogP) is 2.62.